The molecule has 0 spiro atoms. The van der Waals surface area contributed by atoms with Gasteiger partial charge in [0.05, 0.1) is 12.5 Å². The number of halogens is 2. The van der Waals surface area contributed by atoms with Crippen LogP contribution in [0.15, 0.2) is 30.4 Å². The van der Waals surface area contributed by atoms with Crippen LogP contribution in [0.25, 0.3) is 0 Å². The van der Waals surface area contributed by atoms with Gasteiger partial charge in [0.2, 0.25) is 0 Å². The van der Waals surface area contributed by atoms with E-state index in [1.807, 2.05) is 6.08 Å². The Morgan fingerprint density at radius 1 is 1.39 bits per heavy atom. The first kappa shape index (κ1) is 17.8. The van der Waals surface area contributed by atoms with E-state index in [1.165, 1.54) is 0 Å². The molecule has 1 amide bonds. The molecule has 0 unspecified atom stereocenters. The van der Waals surface area contributed by atoms with Crippen molar-refractivity contribution in [3.8, 4) is 0 Å². The van der Waals surface area contributed by atoms with Gasteiger partial charge in [-0.3, -0.25) is 9.59 Å². The second-order valence-electron chi connectivity index (χ2n) is 5.59. The minimum absolute atomic E-state index is 0.234. The normalized spacial score (nSPS) is 17.8. The Balaban J connectivity index is 1.77. The van der Waals surface area contributed by atoms with Crippen LogP contribution < -0.4 is 5.32 Å². The van der Waals surface area contributed by atoms with Gasteiger partial charge in [-0.1, -0.05) is 41.4 Å². The summed E-state index contributed by atoms with van der Waals surface area (Å²) in [5.74, 6) is -0.481. The molecule has 0 radical (unpaired) electrons. The molecule has 0 fully saturated rings. The van der Waals surface area contributed by atoms with Crippen LogP contribution in [-0.4, -0.2) is 18.5 Å². The van der Waals surface area contributed by atoms with Crippen molar-refractivity contribution < 1.29 is 14.3 Å². The number of hydrogen-bond donors (Lipinski definition) is 1. The van der Waals surface area contributed by atoms with Crippen LogP contribution in [-0.2, 0) is 14.3 Å². The number of ether oxygens (including phenoxy) is 1. The molecule has 0 heterocycles. The first-order valence-corrected chi connectivity index (χ1v) is 8.28. The van der Waals surface area contributed by atoms with E-state index in [0.29, 0.717) is 16.5 Å². The van der Waals surface area contributed by atoms with Gasteiger partial charge in [0, 0.05) is 10.0 Å². The van der Waals surface area contributed by atoms with Gasteiger partial charge in [-0.25, -0.2) is 0 Å². The summed E-state index contributed by atoms with van der Waals surface area (Å²) >= 11 is 12.0. The molecule has 0 saturated carbocycles. The number of amides is 1. The fraction of sp³-hybridized carbons (Fsp3) is 0.412. The number of allylic oxidation sites excluding steroid dienone is 2. The molecule has 1 aromatic carbocycles. The first-order valence-electron chi connectivity index (χ1n) is 7.52. The Morgan fingerprint density at radius 3 is 2.83 bits per heavy atom. The largest absolute Gasteiger partial charge is 0.456 e. The lowest BCUT2D eigenvalue weighted by Crippen LogP contribution is -2.31. The molecule has 1 N–H and O–H groups in total. The predicted molar refractivity (Wildman–Crippen MR) is 90.5 cm³/mol. The van der Waals surface area contributed by atoms with E-state index >= 15 is 0 Å². The molecule has 124 valence electrons. The summed E-state index contributed by atoms with van der Waals surface area (Å²) in [5.41, 5.74) is 0.756. The van der Waals surface area contributed by atoms with Crippen molar-refractivity contribution in [1.29, 1.82) is 0 Å². The van der Waals surface area contributed by atoms with Crippen molar-refractivity contribution in [3.05, 3.63) is 46.0 Å². The van der Waals surface area contributed by atoms with Gasteiger partial charge in [-0.05, 0) is 43.4 Å². The molecule has 0 saturated heterocycles. The highest BCUT2D eigenvalue weighted by atomic mass is 35.5. The predicted octanol–water partition coefficient (Wildman–Crippen LogP) is 4.07. The maximum absolute atomic E-state index is 11.9. The highest BCUT2D eigenvalue weighted by Crippen LogP contribution is 2.26. The molecule has 2 rings (SSSR count). The average molecular weight is 356 g/mol. The minimum Gasteiger partial charge on any atom is -0.456 e. The monoisotopic (exact) mass is 355 g/mol. The third kappa shape index (κ3) is 5.56. The second kappa shape index (κ2) is 8.37. The molecule has 0 bridgehead atoms. The van der Waals surface area contributed by atoms with Crippen LogP contribution >= 0.6 is 23.2 Å². The number of rotatable bonds is 6. The van der Waals surface area contributed by atoms with E-state index in [1.54, 1.807) is 25.1 Å². The smallest absolute Gasteiger partial charge is 0.306 e. The van der Waals surface area contributed by atoms with Crippen LogP contribution in [0.1, 0.15) is 37.8 Å². The highest BCUT2D eigenvalue weighted by Gasteiger charge is 2.17. The van der Waals surface area contributed by atoms with Crippen molar-refractivity contribution in [2.24, 2.45) is 5.92 Å². The Morgan fingerprint density at radius 2 is 2.17 bits per heavy atom. The Labute approximate surface area is 145 Å². The van der Waals surface area contributed by atoms with Crippen LogP contribution in [0.3, 0.4) is 0 Å². The zero-order valence-corrected chi connectivity index (χ0v) is 14.4. The molecule has 0 aromatic heterocycles. The topological polar surface area (TPSA) is 55.4 Å². The van der Waals surface area contributed by atoms with Gasteiger partial charge in [0.1, 0.15) is 0 Å². The van der Waals surface area contributed by atoms with Crippen LogP contribution in [0, 0.1) is 5.92 Å². The third-order valence-corrected chi connectivity index (χ3v) is 4.27. The van der Waals surface area contributed by atoms with Gasteiger partial charge in [0.25, 0.3) is 5.91 Å². The number of hydrogen-bond acceptors (Lipinski definition) is 3. The van der Waals surface area contributed by atoms with E-state index in [0.717, 1.165) is 18.4 Å². The van der Waals surface area contributed by atoms with Crippen molar-refractivity contribution in [1.82, 2.24) is 5.32 Å². The van der Waals surface area contributed by atoms with E-state index in [4.69, 9.17) is 27.9 Å². The summed E-state index contributed by atoms with van der Waals surface area (Å²) in [5, 5.41) is 3.76. The van der Waals surface area contributed by atoms with E-state index in [-0.39, 0.29) is 30.4 Å². The summed E-state index contributed by atoms with van der Waals surface area (Å²) in [6, 6.07) is 4.79. The van der Waals surface area contributed by atoms with Crippen molar-refractivity contribution in [3.63, 3.8) is 0 Å². The summed E-state index contributed by atoms with van der Waals surface area (Å²) in [4.78, 5) is 23.6. The van der Waals surface area contributed by atoms with Crippen LogP contribution in [0.5, 0.6) is 0 Å². The van der Waals surface area contributed by atoms with E-state index in [2.05, 4.69) is 11.4 Å². The Bertz CT molecular complexity index is 616. The summed E-state index contributed by atoms with van der Waals surface area (Å²) in [6.45, 7) is 1.52. The molecule has 0 aliphatic heterocycles. The molecule has 4 nitrogen and oxygen atoms in total. The van der Waals surface area contributed by atoms with Crippen molar-refractivity contribution in [2.45, 2.75) is 32.2 Å². The number of benzene rings is 1. The molecule has 1 aliphatic carbocycles. The van der Waals surface area contributed by atoms with Crippen LogP contribution in [0.2, 0.25) is 10.0 Å². The second-order valence-corrected chi connectivity index (χ2v) is 6.43. The number of nitrogens with one attached hydrogen (secondary N) is 1. The first-order chi connectivity index (χ1) is 11.0. The van der Waals surface area contributed by atoms with E-state index < -0.39 is 0 Å². The van der Waals surface area contributed by atoms with Gasteiger partial charge < -0.3 is 10.1 Å². The summed E-state index contributed by atoms with van der Waals surface area (Å²) < 4.78 is 5.01. The molecular weight excluding hydrogens is 337 g/mol. The summed E-state index contributed by atoms with van der Waals surface area (Å²) in [6.07, 6.45) is 6.36. The fourth-order valence-corrected chi connectivity index (χ4v) is 3.07. The van der Waals surface area contributed by atoms with Gasteiger partial charge >= 0.3 is 5.97 Å². The maximum atomic E-state index is 11.9. The van der Waals surface area contributed by atoms with Crippen molar-refractivity contribution in [2.75, 3.05) is 6.61 Å². The van der Waals surface area contributed by atoms with Gasteiger partial charge in [-0.15, -0.1) is 0 Å². The standard InChI is InChI=1S/C17H19Cl2NO3/c1-11(14-7-6-13(18)9-15(14)19)20-16(21)10-23-17(22)8-12-4-2-3-5-12/h2,4,6-7,9,11-12H,3,5,8,10H2,1H3,(H,20,21)/t11-,12+/m1/s1. The molecule has 6 heteroatoms. The number of esters is 1. The zero-order valence-electron chi connectivity index (χ0n) is 12.9. The highest BCUT2D eigenvalue weighted by molar-refractivity contribution is 6.35. The maximum Gasteiger partial charge on any atom is 0.306 e. The third-order valence-electron chi connectivity index (χ3n) is 3.71. The molecular formula is C17H19Cl2NO3. The Kier molecular flexibility index (Phi) is 6.48. The minimum atomic E-state index is -0.362. The lowest BCUT2D eigenvalue weighted by molar-refractivity contribution is -0.149. The van der Waals surface area contributed by atoms with Gasteiger partial charge in [0.15, 0.2) is 6.61 Å². The average Bonchev–Trinajstić information content (AvgIpc) is 2.97. The zero-order chi connectivity index (χ0) is 16.8. The number of carbonyl (C=O) groups is 2. The van der Waals surface area contributed by atoms with Gasteiger partial charge in [-0.2, -0.15) is 0 Å². The SMILES string of the molecule is C[C@@H](NC(=O)COC(=O)C[C@H]1C=CCC1)c1ccc(Cl)cc1Cl. The fourth-order valence-electron chi connectivity index (χ4n) is 2.50. The number of carbonyl (C=O) groups excluding carboxylic acids is 2. The Hall–Kier alpha value is -1.52. The lowest BCUT2D eigenvalue weighted by atomic mass is 10.1. The molecule has 1 aliphatic rings. The summed E-state index contributed by atoms with van der Waals surface area (Å²) in [7, 11) is 0. The van der Waals surface area contributed by atoms with Crippen LogP contribution in [0.4, 0.5) is 0 Å². The lowest BCUT2D eigenvalue weighted by Gasteiger charge is -2.16. The van der Waals surface area contributed by atoms with E-state index in [9.17, 15) is 9.59 Å². The molecule has 23 heavy (non-hydrogen) atoms. The molecule has 1 aromatic rings. The quantitative estimate of drug-likeness (QED) is 0.618. The van der Waals surface area contributed by atoms with Crippen molar-refractivity contribution >= 4 is 35.1 Å². The molecule has 2 atom stereocenters.